The Morgan fingerprint density at radius 3 is 2.40 bits per heavy atom. The minimum Gasteiger partial charge on any atom is -0.481 e. The van der Waals surface area contributed by atoms with E-state index in [1.807, 2.05) is 0 Å². The summed E-state index contributed by atoms with van der Waals surface area (Å²) in [5.41, 5.74) is 5.79. The van der Waals surface area contributed by atoms with Gasteiger partial charge in [-0.2, -0.15) is 0 Å². The first kappa shape index (κ1) is 31.4. The fraction of sp³-hybridized carbons (Fsp3) is 0.719. The minimum atomic E-state index is -0.697. The van der Waals surface area contributed by atoms with E-state index >= 15 is 0 Å². The predicted molar refractivity (Wildman–Crippen MR) is 151 cm³/mol. The second-order valence-corrected chi connectivity index (χ2v) is 11.1. The van der Waals surface area contributed by atoms with Gasteiger partial charge in [-0.25, -0.2) is 0 Å². The lowest BCUT2D eigenvalue weighted by Crippen LogP contribution is -2.28. The number of carboxylic acids is 1. The summed E-state index contributed by atoms with van der Waals surface area (Å²) in [4.78, 5) is 10.9. The van der Waals surface area contributed by atoms with Gasteiger partial charge in [-0.1, -0.05) is 81.6 Å². The molecule has 4 unspecified atom stereocenters. The zero-order valence-electron chi connectivity index (χ0n) is 23.9. The van der Waals surface area contributed by atoms with Crippen molar-refractivity contribution in [1.29, 1.82) is 0 Å². The fourth-order valence-corrected chi connectivity index (χ4v) is 4.62. The van der Waals surface area contributed by atoms with Crippen LogP contribution in [0.3, 0.4) is 0 Å². The van der Waals surface area contributed by atoms with E-state index in [0.29, 0.717) is 5.92 Å². The van der Waals surface area contributed by atoms with Gasteiger partial charge in [-0.05, 0) is 90.0 Å². The lowest BCUT2D eigenvalue weighted by atomic mass is 9.83. The quantitative estimate of drug-likeness (QED) is 0.155. The Morgan fingerprint density at radius 2 is 1.71 bits per heavy atom. The lowest BCUT2D eigenvalue weighted by Gasteiger charge is -2.31. The highest BCUT2D eigenvalue weighted by atomic mass is 16.5. The molecule has 0 amide bonds. The molecular formula is C32H54O3. The van der Waals surface area contributed by atoms with Crippen LogP contribution in [-0.4, -0.2) is 23.8 Å². The molecule has 1 rings (SSSR count). The number of ether oxygens (including phenoxy) is 1. The van der Waals surface area contributed by atoms with Crippen LogP contribution in [0.5, 0.6) is 0 Å². The van der Waals surface area contributed by atoms with Gasteiger partial charge in [0.2, 0.25) is 0 Å². The van der Waals surface area contributed by atoms with E-state index in [-0.39, 0.29) is 12.0 Å². The summed E-state index contributed by atoms with van der Waals surface area (Å²) in [6.45, 7) is 16.2. The van der Waals surface area contributed by atoms with Crippen molar-refractivity contribution in [2.24, 2.45) is 17.8 Å². The molecule has 200 valence electrons. The third kappa shape index (κ3) is 13.3. The van der Waals surface area contributed by atoms with Gasteiger partial charge in [0.25, 0.3) is 0 Å². The highest BCUT2D eigenvalue weighted by molar-refractivity contribution is 5.69. The van der Waals surface area contributed by atoms with E-state index in [0.717, 1.165) is 51.0 Å². The van der Waals surface area contributed by atoms with Gasteiger partial charge in [0.05, 0.1) is 12.0 Å². The minimum absolute atomic E-state index is 0.256. The molecule has 0 aromatic heterocycles. The van der Waals surface area contributed by atoms with Crippen LogP contribution in [0.4, 0.5) is 0 Å². The zero-order chi connectivity index (χ0) is 26.2. The SMILES string of the molecule is CCCCOC1C(CCC(C)CCC/C(C)=C/CC/C(C)=C/CCC(C)C(=O)O)=CC=C(C)C1C. The Kier molecular flexibility index (Phi) is 15.9. The summed E-state index contributed by atoms with van der Waals surface area (Å²) < 4.78 is 6.32. The van der Waals surface area contributed by atoms with Crippen molar-refractivity contribution in [2.75, 3.05) is 6.61 Å². The molecule has 0 aromatic rings. The highest BCUT2D eigenvalue weighted by Gasteiger charge is 2.26. The van der Waals surface area contributed by atoms with Gasteiger partial charge in [0.15, 0.2) is 0 Å². The molecule has 0 fully saturated rings. The molecule has 0 saturated heterocycles. The summed E-state index contributed by atoms with van der Waals surface area (Å²) in [7, 11) is 0. The van der Waals surface area contributed by atoms with E-state index < -0.39 is 5.97 Å². The van der Waals surface area contributed by atoms with Crippen molar-refractivity contribution in [3.05, 3.63) is 46.6 Å². The summed E-state index contributed by atoms with van der Waals surface area (Å²) in [5, 5.41) is 8.97. The van der Waals surface area contributed by atoms with Crippen LogP contribution in [0.15, 0.2) is 46.6 Å². The standard InChI is InChI=1S/C32H54O3/c1-8-9-23-35-31-29(7)27(5)20-22-30(31)21-19-26(4)16-11-15-24(2)13-10-14-25(3)17-12-18-28(6)32(33)34/h13,17,20,22,26,28-29,31H,8-12,14-16,18-19,21,23H2,1-7H3,(H,33,34)/b24-13+,25-17+. The number of aliphatic carboxylic acids is 1. The highest BCUT2D eigenvalue weighted by Crippen LogP contribution is 2.32. The number of carboxylic acid groups (broad SMARTS) is 1. The van der Waals surface area contributed by atoms with Gasteiger partial charge < -0.3 is 9.84 Å². The molecule has 1 aliphatic carbocycles. The normalized spacial score (nSPS) is 20.9. The lowest BCUT2D eigenvalue weighted by molar-refractivity contribution is -0.141. The Hall–Kier alpha value is -1.61. The van der Waals surface area contributed by atoms with Crippen LogP contribution in [0, 0.1) is 17.8 Å². The molecule has 3 nitrogen and oxygen atoms in total. The van der Waals surface area contributed by atoms with E-state index in [1.54, 1.807) is 6.92 Å². The third-order valence-electron chi connectivity index (χ3n) is 7.63. The summed E-state index contributed by atoms with van der Waals surface area (Å²) >= 11 is 0. The predicted octanol–water partition coefficient (Wildman–Crippen LogP) is 9.45. The summed E-state index contributed by atoms with van der Waals surface area (Å²) in [6.07, 6.45) is 21.7. The van der Waals surface area contributed by atoms with Crippen LogP contribution in [0.1, 0.15) is 119 Å². The largest absolute Gasteiger partial charge is 0.481 e. The number of unbranched alkanes of at least 4 members (excludes halogenated alkanes) is 1. The number of rotatable bonds is 18. The Bertz CT molecular complexity index is 740. The molecule has 0 heterocycles. The summed E-state index contributed by atoms with van der Waals surface area (Å²) in [6, 6.07) is 0. The maximum atomic E-state index is 10.9. The van der Waals surface area contributed by atoms with Crippen molar-refractivity contribution < 1.29 is 14.6 Å². The molecule has 1 N–H and O–H groups in total. The molecule has 0 bridgehead atoms. The molecule has 4 atom stereocenters. The Balaban J connectivity index is 2.32. The maximum Gasteiger partial charge on any atom is 0.306 e. The monoisotopic (exact) mass is 486 g/mol. The third-order valence-corrected chi connectivity index (χ3v) is 7.63. The number of hydrogen-bond donors (Lipinski definition) is 1. The van der Waals surface area contributed by atoms with E-state index in [9.17, 15) is 4.79 Å². The molecule has 3 heteroatoms. The van der Waals surface area contributed by atoms with Crippen LogP contribution in [0.2, 0.25) is 0 Å². The summed E-state index contributed by atoms with van der Waals surface area (Å²) in [5.74, 6) is 0.271. The average molecular weight is 487 g/mol. The molecule has 0 spiro atoms. The van der Waals surface area contributed by atoms with Crippen molar-refractivity contribution in [1.82, 2.24) is 0 Å². The van der Waals surface area contributed by atoms with Gasteiger partial charge in [0.1, 0.15) is 0 Å². The molecule has 0 saturated carbocycles. The first-order chi connectivity index (χ1) is 16.6. The molecule has 35 heavy (non-hydrogen) atoms. The van der Waals surface area contributed by atoms with Crippen molar-refractivity contribution in [2.45, 2.75) is 125 Å². The van der Waals surface area contributed by atoms with Crippen LogP contribution in [-0.2, 0) is 9.53 Å². The van der Waals surface area contributed by atoms with Gasteiger partial charge in [-0.3, -0.25) is 4.79 Å². The maximum absolute atomic E-state index is 10.9. The first-order valence-electron chi connectivity index (χ1n) is 14.2. The van der Waals surface area contributed by atoms with Gasteiger partial charge in [-0.15, -0.1) is 0 Å². The van der Waals surface area contributed by atoms with Crippen LogP contribution in [0.25, 0.3) is 0 Å². The average Bonchev–Trinajstić information content (AvgIpc) is 2.81. The van der Waals surface area contributed by atoms with E-state index in [1.165, 1.54) is 54.4 Å². The smallest absolute Gasteiger partial charge is 0.306 e. The second-order valence-electron chi connectivity index (χ2n) is 11.1. The Morgan fingerprint density at radius 1 is 1.03 bits per heavy atom. The topological polar surface area (TPSA) is 46.5 Å². The van der Waals surface area contributed by atoms with Crippen molar-refractivity contribution >= 4 is 5.97 Å². The van der Waals surface area contributed by atoms with E-state index in [2.05, 4.69) is 65.8 Å². The molecular weight excluding hydrogens is 432 g/mol. The zero-order valence-corrected chi connectivity index (χ0v) is 23.9. The number of allylic oxidation sites excluding steroid dienone is 6. The Labute approximate surface area is 216 Å². The second kappa shape index (κ2) is 17.8. The number of carbonyl (C=O) groups is 1. The van der Waals surface area contributed by atoms with Crippen LogP contribution < -0.4 is 0 Å². The van der Waals surface area contributed by atoms with Gasteiger partial charge in [0, 0.05) is 12.5 Å². The van der Waals surface area contributed by atoms with Crippen molar-refractivity contribution in [3.8, 4) is 0 Å². The molecule has 0 aliphatic heterocycles. The molecule has 0 aromatic carbocycles. The van der Waals surface area contributed by atoms with Gasteiger partial charge >= 0.3 is 5.97 Å². The van der Waals surface area contributed by atoms with Crippen molar-refractivity contribution in [3.63, 3.8) is 0 Å². The fourth-order valence-electron chi connectivity index (χ4n) is 4.62. The first-order valence-corrected chi connectivity index (χ1v) is 14.2. The molecule has 1 aliphatic rings. The molecule has 0 radical (unpaired) electrons. The van der Waals surface area contributed by atoms with Crippen LogP contribution >= 0.6 is 0 Å². The number of hydrogen-bond acceptors (Lipinski definition) is 2. The van der Waals surface area contributed by atoms with E-state index in [4.69, 9.17) is 9.84 Å².